The number of hydrogen-bond acceptors (Lipinski definition) is 3. The molecule has 0 radical (unpaired) electrons. The van der Waals surface area contributed by atoms with Crippen LogP contribution in [-0.4, -0.2) is 19.0 Å². The van der Waals surface area contributed by atoms with E-state index in [2.05, 4.69) is 10.6 Å². The Labute approximate surface area is 141 Å². The van der Waals surface area contributed by atoms with Crippen LogP contribution in [0.2, 0.25) is 0 Å². The minimum atomic E-state index is -0.581. The van der Waals surface area contributed by atoms with E-state index in [0.29, 0.717) is 12.1 Å². The Balaban J connectivity index is 2.02. The van der Waals surface area contributed by atoms with E-state index in [1.165, 1.54) is 0 Å². The third kappa shape index (κ3) is 4.49. The summed E-state index contributed by atoms with van der Waals surface area (Å²) in [7, 11) is 1.60. The number of urea groups is 1. The van der Waals surface area contributed by atoms with Crippen LogP contribution in [0.3, 0.4) is 0 Å². The van der Waals surface area contributed by atoms with Crippen LogP contribution in [0.1, 0.15) is 34.5 Å². The summed E-state index contributed by atoms with van der Waals surface area (Å²) in [4.78, 5) is 23.1. The van der Waals surface area contributed by atoms with Gasteiger partial charge in [-0.3, -0.25) is 4.79 Å². The number of methoxy groups -OCH3 is 1. The van der Waals surface area contributed by atoms with E-state index >= 15 is 0 Å². The van der Waals surface area contributed by atoms with Crippen molar-refractivity contribution in [2.24, 2.45) is 5.73 Å². The summed E-state index contributed by atoms with van der Waals surface area (Å²) in [5.74, 6) is 0.556. The molecule has 0 fully saturated rings. The van der Waals surface area contributed by atoms with Gasteiger partial charge in [-0.25, -0.2) is 4.79 Å². The lowest BCUT2D eigenvalue weighted by Crippen LogP contribution is -2.29. The van der Waals surface area contributed by atoms with Crippen molar-refractivity contribution < 1.29 is 14.3 Å². The zero-order valence-corrected chi connectivity index (χ0v) is 13.7. The van der Waals surface area contributed by atoms with Crippen LogP contribution in [0.25, 0.3) is 0 Å². The Hall–Kier alpha value is -3.02. The molecule has 0 aliphatic rings. The predicted octanol–water partition coefficient (Wildman–Crippen LogP) is 2.35. The van der Waals surface area contributed by atoms with E-state index in [4.69, 9.17) is 10.5 Å². The summed E-state index contributed by atoms with van der Waals surface area (Å²) >= 11 is 0. The second-order valence-corrected chi connectivity index (χ2v) is 5.35. The van der Waals surface area contributed by atoms with E-state index < -0.39 is 6.03 Å². The molecule has 3 amide bonds. The maximum absolute atomic E-state index is 12.4. The van der Waals surface area contributed by atoms with Crippen LogP contribution in [0.5, 0.6) is 5.75 Å². The van der Waals surface area contributed by atoms with Crippen molar-refractivity contribution in [3.05, 3.63) is 65.2 Å². The maximum Gasteiger partial charge on any atom is 0.312 e. The third-order valence-electron chi connectivity index (χ3n) is 3.64. The van der Waals surface area contributed by atoms with Gasteiger partial charge in [-0.15, -0.1) is 0 Å². The molecule has 4 N–H and O–H groups in total. The molecule has 2 aromatic carbocycles. The molecule has 0 heterocycles. The van der Waals surface area contributed by atoms with Crippen LogP contribution in [0, 0.1) is 0 Å². The van der Waals surface area contributed by atoms with Crippen LogP contribution in [0.15, 0.2) is 48.5 Å². The van der Waals surface area contributed by atoms with Gasteiger partial charge in [-0.05, 0) is 30.7 Å². The molecule has 0 saturated heterocycles. The van der Waals surface area contributed by atoms with E-state index in [0.717, 1.165) is 16.9 Å². The summed E-state index contributed by atoms with van der Waals surface area (Å²) in [6.45, 7) is 2.23. The highest BCUT2D eigenvalue weighted by Gasteiger charge is 2.14. The Kier molecular flexibility index (Phi) is 5.78. The molecule has 0 aromatic heterocycles. The van der Waals surface area contributed by atoms with Gasteiger partial charge in [-0.1, -0.05) is 30.3 Å². The normalized spacial score (nSPS) is 11.4. The van der Waals surface area contributed by atoms with Crippen LogP contribution < -0.4 is 21.1 Å². The fraction of sp³-hybridized carbons (Fsp3) is 0.222. The van der Waals surface area contributed by atoms with Gasteiger partial charge >= 0.3 is 6.03 Å². The second-order valence-electron chi connectivity index (χ2n) is 5.35. The number of carbonyl (C=O) groups is 2. The first-order chi connectivity index (χ1) is 11.5. The molecule has 24 heavy (non-hydrogen) atoms. The minimum absolute atomic E-state index is 0.178. The Morgan fingerprint density at radius 2 is 1.79 bits per heavy atom. The first kappa shape index (κ1) is 17.3. The number of carbonyl (C=O) groups excluding carboxylic acids is 2. The number of benzene rings is 2. The number of primary amides is 1. The topological polar surface area (TPSA) is 93.4 Å². The molecule has 126 valence electrons. The van der Waals surface area contributed by atoms with Gasteiger partial charge in [0.2, 0.25) is 0 Å². The van der Waals surface area contributed by atoms with Crippen LogP contribution in [-0.2, 0) is 6.54 Å². The SMILES string of the molecule is COc1ccccc1[C@H](C)NC(=O)c1ccc(CNC(N)=O)cc1. The Morgan fingerprint density at radius 3 is 2.42 bits per heavy atom. The highest BCUT2D eigenvalue weighted by atomic mass is 16.5. The average molecular weight is 327 g/mol. The van der Waals surface area contributed by atoms with E-state index in [1.807, 2.05) is 31.2 Å². The van der Waals surface area contributed by atoms with E-state index in [1.54, 1.807) is 31.4 Å². The van der Waals surface area contributed by atoms with Crippen molar-refractivity contribution in [1.29, 1.82) is 0 Å². The predicted molar refractivity (Wildman–Crippen MR) is 91.7 cm³/mol. The second kappa shape index (κ2) is 8.01. The first-order valence-corrected chi connectivity index (χ1v) is 7.57. The number of nitrogens with one attached hydrogen (secondary N) is 2. The molecule has 0 unspecified atom stereocenters. The number of amides is 3. The highest BCUT2D eigenvalue weighted by molar-refractivity contribution is 5.94. The van der Waals surface area contributed by atoms with Crippen molar-refractivity contribution in [2.75, 3.05) is 7.11 Å². The number of hydrogen-bond donors (Lipinski definition) is 3. The van der Waals surface area contributed by atoms with Gasteiger partial charge in [-0.2, -0.15) is 0 Å². The van der Waals surface area contributed by atoms with Crippen molar-refractivity contribution >= 4 is 11.9 Å². The molecular formula is C18H21N3O3. The molecule has 0 bridgehead atoms. The van der Waals surface area contributed by atoms with Crippen molar-refractivity contribution in [3.8, 4) is 5.75 Å². The zero-order valence-electron chi connectivity index (χ0n) is 13.7. The molecule has 0 saturated carbocycles. The third-order valence-corrected chi connectivity index (χ3v) is 3.64. The number of para-hydroxylation sites is 1. The monoisotopic (exact) mass is 327 g/mol. The molecule has 1 atom stereocenters. The standard InChI is InChI=1S/C18H21N3O3/c1-12(15-5-3-4-6-16(15)24-2)21-17(22)14-9-7-13(8-10-14)11-20-18(19)23/h3-10,12H,11H2,1-2H3,(H,21,22)(H3,19,20,23)/t12-/m0/s1. The molecule has 2 rings (SSSR count). The lowest BCUT2D eigenvalue weighted by molar-refractivity contribution is 0.0939. The smallest absolute Gasteiger partial charge is 0.312 e. The van der Waals surface area contributed by atoms with Crippen molar-refractivity contribution in [3.63, 3.8) is 0 Å². The minimum Gasteiger partial charge on any atom is -0.496 e. The van der Waals surface area contributed by atoms with Gasteiger partial charge in [0.1, 0.15) is 5.75 Å². The first-order valence-electron chi connectivity index (χ1n) is 7.57. The summed E-state index contributed by atoms with van der Waals surface area (Å²) in [5.41, 5.74) is 7.35. The van der Waals surface area contributed by atoms with Gasteiger partial charge < -0.3 is 21.1 Å². The van der Waals surface area contributed by atoms with Gasteiger partial charge in [0.15, 0.2) is 0 Å². The van der Waals surface area contributed by atoms with Crippen molar-refractivity contribution in [1.82, 2.24) is 10.6 Å². The van der Waals surface area contributed by atoms with E-state index in [9.17, 15) is 9.59 Å². The fourth-order valence-corrected chi connectivity index (χ4v) is 2.35. The largest absolute Gasteiger partial charge is 0.496 e. The van der Waals surface area contributed by atoms with Crippen LogP contribution >= 0.6 is 0 Å². The highest BCUT2D eigenvalue weighted by Crippen LogP contribution is 2.24. The summed E-state index contributed by atoms with van der Waals surface area (Å²) in [6, 6.07) is 13.8. The Bertz CT molecular complexity index is 714. The van der Waals surface area contributed by atoms with E-state index in [-0.39, 0.29) is 11.9 Å². The molecule has 6 nitrogen and oxygen atoms in total. The van der Waals surface area contributed by atoms with Gasteiger partial charge in [0.05, 0.1) is 13.2 Å². The molecule has 0 aliphatic carbocycles. The zero-order chi connectivity index (χ0) is 17.5. The quantitative estimate of drug-likeness (QED) is 0.760. The molecule has 6 heteroatoms. The maximum atomic E-state index is 12.4. The number of nitrogens with two attached hydrogens (primary N) is 1. The van der Waals surface area contributed by atoms with Gasteiger partial charge in [0.25, 0.3) is 5.91 Å². The Morgan fingerprint density at radius 1 is 1.12 bits per heavy atom. The fourth-order valence-electron chi connectivity index (χ4n) is 2.35. The van der Waals surface area contributed by atoms with Gasteiger partial charge in [0, 0.05) is 17.7 Å². The molecule has 2 aromatic rings. The molecular weight excluding hydrogens is 306 g/mol. The molecule has 0 aliphatic heterocycles. The summed E-state index contributed by atoms with van der Waals surface area (Å²) < 4.78 is 5.32. The van der Waals surface area contributed by atoms with Crippen molar-refractivity contribution in [2.45, 2.75) is 19.5 Å². The molecule has 0 spiro atoms. The summed E-state index contributed by atoms with van der Waals surface area (Å²) in [5, 5.41) is 5.45. The summed E-state index contributed by atoms with van der Waals surface area (Å²) in [6.07, 6.45) is 0. The lowest BCUT2D eigenvalue weighted by atomic mass is 10.1. The van der Waals surface area contributed by atoms with Crippen LogP contribution in [0.4, 0.5) is 4.79 Å². The average Bonchev–Trinajstić information content (AvgIpc) is 2.60. The number of rotatable bonds is 6. The lowest BCUT2D eigenvalue weighted by Gasteiger charge is -2.17. The number of ether oxygens (including phenoxy) is 1.